The molecule has 1 aromatic rings. The molecule has 1 amide bonds. The third-order valence-electron chi connectivity index (χ3n) is 2.57. The molecule has 0 spiro atoms. The van der Waals surface area contributed by atoms with Crippen molar-refractivity contribution in [3.63, 3.8) is 0 Å². The first-order chi connectivity index (χ1) is 9.27. The van der Waals surface area contributed by atoms with Crippen LogP contribution in [0.4, 0.5) is 0 Å². The van der Waals surface area contributed by atoms with Crippen LogP contribution >= 0.6 is 0 Å². The summed E-state index contributed by atoms with van der Waals surface area (Å²) < 4.78 is 15.7. The number of nitrogens with one attached hydrogen (secondary N) is 1. The van der Waals surface area contributed by atoms with Gasteiger partial charge in [-0.1, -0.05) is 13.3 Å². The first kappa shape index (κ1) is 15.7. The molecule has 19 heavy (non-hydrogen) atoms. The zero-order valence-electron chi connectivity index (χ0n) is 11.7. The average Bonchev–Trinajstić information content (AvgIpc) is 2.87. The molecule has 0 bridgehead atoms. The van der Waals surface area contributed by atoms with Gasteiger partial charge in [-0.15, -0.1) is 0 Å². The molecule has 108 valence electrons. The van der Waals surface area contributed by atoms with Gasteiger partial charge in [0.15, 0.2) is 5.76 Å². The number of methoxy groups -OCH3 is 1. The molecule has 1 aromatic heterocycles. The van der Waals surface area contributed by atoms with Crippen molar-refractivity contribution in [2.75, 3.05) is 26.9 Å². The molecule has 0 aliphatic heterocycles. The van der Waals surface area contributed by atoms with Crippen LogP contribution in [0.1, 0.15) is 42.5 Å². The summed E-state index contributed by atoms with van der Waals surface area (Å²) in [7, 11) is 1.58. The predicted octanol–water partition coefficient (Wildman–Crippen LogP) is 2.36. The van der Waals surface area contributed by atoms with Crippen molar-refractivity contribution in [1.29, 1.82) is 0 Å². The van der Waals surface area contributed by atoms with Crippen molar-refractivity contribution in [3.05, 3.63) is 23.7 Å². The van der Waals surface area contributed by atoms with Crippen molar-refractivity contribution in [3.8, 4) is 0 Å². The van der Waals surface area contributed by atoms with E-state index in [-0.39, 0.29) is 5.91 Å². The maximum absolute atomic E-state index is 11.7. The molecule has 5 heteroatoms. The Labute approximate surface area is 114 Å². The third kappa shape index (κ3) is 6.40. The second-order valence-corrected chi connectivity index (χ2v) is 4.27. The Hall–Kier alpha value is -1.33. The number of rotatable bonds is 10. The van der Waals surface area contributed by atoms with Gasteiger partial charge >= 0.3 is 0 Å². The first-order valence-electron chi connectivity index (χ1n) is 6.71. The van der Waals surface area contributed by atoms with Gasteiger partial charge in [0.05, 0.1) is 0 Å². The van der Waals surface area contributed by atoms with Crippen molar-refractivity contribution in [2.24, 2.45) is 0 Å². The lowest BCUT2D eigenvalue weighted by Gasteiger charge is -2.04. The summed E-state index contributed by atoms with van der Waals surface area (Å²) in [6.07, 6.45) is 3.03. The van der Waals surface area contributed by atoms with Gasteiger partial charge in [0.1, 0.15) is 12.4 Å². The summed E-state index contributed by atoms with van der Waals surface area (Å²) in [5, 5.41) is 2.79. The van der Waals surface area contributed by atoms with Gasteiger partial charge in [-0.3, -0.25) is 4.79 Å². The maximum Gasteiger partial charge on any atom is 0.286 e. The van der Waals surface area contributed by atoms with Crippen LogP contribution in [0.2, 0.25) is 0 Å². The van der Waals surface area contributed by atoms with Gasteiger partial charge in [-0.05, 0) is 25.0 Å². The van der Waals surface area contributed by atoms with E-state index in [4.69, 9.17) is 13.9 Å². The van der Waals surface area contributed by atoms with Crippen molar-refractivity contribution in [1.82, 2.24) is 5.32 Å². The molecule has 0 aliphatic carbocycles. The lowest BCUT2D eigenvalue weighted by molar-refractivity contribution is 0.0905. The maximum atomic E-state index is 11.7. The van der Waals surface area contributed by atoms with E-state index >= 15 is 0 Å². The minimum atomic E-state index is -0.198. The van der Waals surface area contributed by atoms with Crippen LogP contribution in [0, 0.1) is 0 Å². The number of ether oxygens (including phenoxy) is 2. The fourth-order valence-electron chi connectivity index (χ4n) is 1.53. The summed E-state index contributed by atoms with van der Waals surface area (Å²) in [6.45, 7) is 4.56. The van der Waals surface area contributed by atoms with E-state index in [9.17, 15) is 4.79 Å². The standard InChI is InChI=1S/C14H23NO4/c1-3-4-9-18-10-5-8-15-14(16)13-7-6-12(19-13)11-17-2/h6-7H,3-5,8-11H2,1-2H3,(H,15,16). The molecule has 0 aromatic carbocycles. The van der Waals surface area contributed by atoms with E-state index < -0.39 is 0 Å². The topological polar surface area (TPSA) is 60.7 Å². The van der Waals surface area contributed by atoms with Crippen molar-refractivity contribution < 1.29 is 18.7 Å². The molecule has 0 saturated carbocycles. The molecular formula is C14H23NO4. The van der Waals surface area contributed by atoms with Crippen LogP contribution in [0.25, 0.3) is 0 Å². The van der Waals surface area contributed by atoms with E-state index in [0.717, 1.165) is 25.9 Å². The average molecular weight is 269 g/mol. The van der Waals surface area contributed by atoms with E-state index in [1.165, 1.54) is 0 Å². The minimum absolute atomic E-state index is 0.198. The number of furan rings is 1. The Kier molecular flexibility index (Phi) is 7.93. The quantitative estimate of drug-likeness (QED) is 0.662. The Balaban J connectivity index is 2.13. The summed E-state index contributed by atoms with van der Waals surface area (Å²) >= 11 is 0. The zero-order chi connectivity index (χ0) is 13.9. The SMILES string of the molecule is CCCCOCCCNC(=O)c1ccc(COC)o1. The molecule has 1 heterocycles. The van der Waals surface area contributed by atoms with Gasteiger partial charge in [0.2, 0.25) is 0 Å². The molecule has 0 atom stereocenters. The molecule has 0 unspecified atom stereocenters. The largest absolute Gasteiger partial charge is 0.453 e. The van der Waals surface area contributed by atoms with Gasteiger partial charge < -0.3 is 19.2 Å². The molecule has 0 fully saturated rings. The summed E-state index contributed by atoms with van der Waals surface area (Å²) in [6, 6.07) is 3.40. The molecule has 0 aliphatic rings. The van der Waals surface area contributed by atoms with Crippen LogP contribution in [0.15, 0.2) is 16.5 Å². The number of hydrogen-bond donors (Lipinski definition) is 1. The number of amides is 1. The number of unbranched alkanes of at least 4 members (excludes halogenated alkanes) is 1. The second-order valence-electron chi connectivity index (χ2n) is 4.27. The summed E-state index contributed by atoms with van der Waals surface area (Å²) in [5.74, 6) is 0.769. The predicted molar refractivity (Wildman–Crippen MR) is 72.1 cm³/mol. The fourth-order valence-corrected chi connectivity index (χ4v) is 1.53. The van der Waals surface area contributed by atoms with Gasteiger partial charge in [0.25, 0.3) is 5.91 Å². The van der Waals surface area contributed by atoms with Crippen LogP contribution in [-0.4, -0.2) is 32.8 Å². The van der Waals surface area contributed by atoms with E-state index in [0.29, 0.717) is 31.3 Å². The lowest BCUT2D eigenvalue weighted by atomic mass is 10.3. The smallest absolute Gasteiger partial charge is 0.286 e. The highest BCUT2D eigenvalue weighted by Crippen LogP contribution is 2.08. The van der Waals surface area contributed by atoms with Crippen LogP contribution in [-0.2, 0) is 16.1 Å². The Morgan fingerprint density at radius 3 is 2.84 bits per heavy atom. The summed E-state index contributed by atoms with van der Waals surface area (Å²) in [4.78, 5) is 11.7. The highest BCUT2D eigenvalue weighted by Gasteiger charge is 2.10. The monoisotopic (exact) mass is 269 g/mol. The third-order valence-corrected chi connectivity index (χ3v) is 2.57. The van der Waals surface area contributed by atoms with Crippen molar-refractivity contribution in [2.45, 2.75) is 32.8 Å². The van der Waals surface area contributed by atoms with E-state index in [1.54, 1.807) is 19.2 Å². The fraction of sp³-hybridized carbons (Fsp3) is 0.643. The Morgan fingerprint density at radius 2 is 2.11 bits per heavy atom. The lowest BCUT2D eigenvalue weighted by Crippen LogP contribution is -2.24. The van der Waals surface area contributed by atoms with E-state index in [2.05, 4.69) is 12.2 Å². The van der Waals surface area contributed by atoms with Crippen LogP contribution < -0.4 is 5.32 Å². The van der Waals surface area contributed by atoms with Crippen LogP contribution in [0.3, 0.4) is 0 Å². The highest BCUT2D eigenvalue weighted by molar-refractivity contribution is 5.91. The number of carbonyl (C=O) groups is 1. The van der Waals surface area contributed by atoms with Gasteiger partial charge in [-0.2, -0.15) is 0 Å². The minimum Gasteiger partial charge on any atom is -0.453 e. The number of hydrogen-bond acceptors (Lipinski definition) is 4. The van der Waals surface area contributed by atoms with Gasteiger partial charge in [-0.25, -0.2) is 0 Å². The molecule has 5 nitrogen and oxygen atoms in total. The number of carbonyl (C=O) groups excluding carboxylic acids is 1. The Morgan fingerprint density at radius 1 is 1.32 bits per heavy atom. The molecule has 1 rings (SSSR count). The van der Waals surface area contributed by atoms with E-state index in [1.807, 2.05) is 0 Å². The second kappa shape index (κ2) is 9.58. The molecule has 0 radical (unpaired) electrons. The molecule has 0 saturated heterocycles. The van der Waals surface area contributed by atoms with Crippen molar-refractivity contribution >= 4 is 5.91 Å². The zero-order valence-corrected chi connectivity index (χ0v) is 11.7. The van der Waals surface area contributed by atoms with Gasteiger partial charge in [0, 0.05) is 26.9 Å². The summed E-state index contributed by atoms with van der Waals surface area (Å²) in [5.41, 5.74) is 0. The first-order valence-corrected chi connectivity index (χ1v) is 6.71. The normalized spacial score (nSPS) is 10.6. The Bertz CT molecular complexity index is 362. The van der Waals surface area contributed by atoms with Crippen LogP contribution in [0.5, 0.6) is 0 Å². The molecule has 1 N–H and O–H groups in total. The molecular weight excluding hydrogens is 246 g/mol. The highest BCUT2D eigenvalue weighted by atomic mass is 16.5.